The molecule has 1 heterocycles. The summed E-state index contributed by atoms with van der Waals surface area (Å²) in [5.41, 5.74) is 4.11. The summed E-state index contributed by atoms with van der Waals surface area (Å²) in [5.74, 6) is -0.00207. The van der Waals surface area contributed by atoms with Crippen LogP contribution in [0.15, 0.2) is 54.6 Å². The van der Waals surface area contributed by atoms with Crippen LogP contribution in [0.5, 0.6) is 5.75 Å². The fourth-order valence-electron chi connectivity index (χ4n) is 3.16. The van der Waals surface area contributed by atoms with E-state index in [1.54, 1.807) is 36.4 Å². The zero-order chi connectivity index (χ0) is 21.0. The molecule has 0 bridgehead atoms. The number of hydrogen-bond donors (Lipinski definition) is 0. The van der Waals surface area contributed by atoms with Crippen LogP contribution in [-0.2, 0) is 4.74 Å². The molecule has 6 heteroatoms. The van der Waals surface area contributed by atoms with Gasteiger partial charge in [0, 0.05) is 22.6 Å². The minimum Gasteiger partial charge on any atom is -0.485 e. The van der Waals surface area contributed by atoms with Gasteiger partial charge in [-0.1, -0.05) is 0 Å². The third-order valence-corrected chi connectivity index (χ3v) is 4.63. The van der Waals surface area contributed by atoms with Crippen LogP contribution < -0.4 is 4.74 Å². The van der Waals surface area contributed by atoms with Gasteiger partial charge >= 0.3 is 5.97 Å². The Morgan fingerprint density at radius 2 is 1.69 bits per heavy atom. The molecule has 0 amide bonds. The van der Waals surface area contributed by atoms with Gasteiger partial charge in [0.2, 0.25) is 5.78 Å². The lowest BCUT2D eigenvalue weighted by molar-refractivity contribution is 0.0600. The molecule has 0 saturated carbocycles. The molecule has 0 fully saturated rings. The second kappa shape index (κ2) is 8.44. The monoisotopic (exact) mass is 388 g/mol. The maximum atomic E-state index is 12.7. The second-order valence-electron chi connectivity index (χ2n) is 6.51. The van der Waals surface area contributed by atoms with E-state index >= 15 is 0 Å². The number of rotatable bonds is 6. The number of aromatic nitrogens is 1. The topological polar surface area (TPSA) is 81.3 Å². The van der Waals surface area contributed by atoms with E-state index in [2.05, 4.69) is 0 Å². The fraction of sp³-hybridized carbons (Fsp3) is 0.174. The van der Waals surface area contributed by atoms with Gasteiger partial charge in [-0.25, -0.2) is 4.79 Å². The van der Waals surface area contributed by atoms with Gasteiger partial charge in [-0.3, -0.25) is 4.79 Å². The molecule has 0 saturated heterocycles. The van der Waals surface area contributed by atoms with E-state index in [4.69, 9.17) is 14.7 Å². The molecule has 0 aliphatic heterocycles. The zero-order valence-electron chi connectivity index (χ0n) is 16.4. The number of nitrogens with zero attached hydrogens (tertiary/aromatic N) is 2. The molecule has 0 atom stereocenters. The van der Waals surface area contributed by atoms with Crippen LogP contribution in [0.1, 0.15) is 37.7 Å². The van der Waals surface area contributed by atoms with Crippen molar-refractivity contribution in [2.75, 3.05) is 13.7 Å². The van der Waals surface area contributed by atoms with E-state index in [1.165, 1.54) is 7.11 Å². The standard InChI is InChI=1S/C23H20N2O4/c1-15-12-21(22(26)14-29-20-10-4-17(13-24)5-11-20)16(2)25(15)19-8-6-18(7-9-19)23(27)28-3/h4-12H,14H2,1-3H3. The number of benzene rings is 2. The summed E-state index contributed by atoms with van der Waals surface area (Å²) in [5, 5.41) is 8.83. The molecule has 3 aromatic rings. The highest BCUT2D eigenvalue weighted by Crippen LogP contribution is 2.22. The van der Waals surface area contributed by atoms with Gasteiger partial charge in [-0.05, 0) is 68.4 Å². The van der Waals surface area contributed by atoms with Gasteiger partial charge in [0.25, 0.3) is 0 Å². The average molecular weight is 388 g/mol. The first-order valence-corrected chi connectivity index (χ1v) is 8.98. The van der Waals surface area contributed by atoms with Crippen molar-refractivity contribution in [1.82, 2.24) is 4.57 Å². The Labute approximate surface area is 168 Å². The van der Waals surface area contributed by atoms with Crippen molar-refractivity contribution in [2.45, 2.75) is 13.8 Å². The van der Waals surface area contributed by atoms with Gasteiger partial charge in [0.15, 0.2) is 6.61 Å². The third kappa shape index (κ3) is 4.19. The number of ether oxygens (including phenoxy) is 2. The number of nitriles is 1. The number of aryl methyl sites for hydroxylation is 1. The first-order chi connectivity index (χ1) is 13.9. The minimum atomic E-state index is -0.395. The maximum absolute atomic E-state index is 12.7. The van der Waals surface area contributed by atoms with E-state index in [1.807, 2.05) is 42.7 Å². The molecule has 0 aliphatic rings. The zero-order valence-corrected chi connectivity index (χ0v) is 16.4. The summed E-state index contributed by atoms with van der Waals surface area (Å²) in [4.78, 5) is 24.3. The van der Waals surface area contributed by atoms with Crippen molar-refractivity contribution >= 4 is 11.8 Å². The number of ketones is 1. The molecule has 0 spiro atoms. The largest absolute Gasteiger partial charge is 0.485 e. The molecule has 6 nitrogen and oxygen atoms in total. The molecule has 146 valence electrons. The summed E-state index contributed by atoms with van der Waals surface area (Å²) >= 11 is 0. The van der Waals surface area contributed by atoms with Crippen LogP contribution >= 0.6 is 0 Å². The Kier molecular flexibility index (Phi) is 5.79. The molecular weight excluding hydrogens is 368 g/mol. The summed E-state index contributed by atoms with van der Waals surface area (Å²) in [6.07, 6.45) is 0. The summed E-state index contributed by atoms with van der Waals surface area (Å²) < 4.78 is 12.2. The number of carbonyl (C=O) groups excluding carboxylic acids is 2. The quantitative estimate of drug-likeness (QED) is 0.471. The van der Waals surface area contributed by atoms with E-state index in [9.17, 15) is 9.59 Å². The van der Waals surface area contributed by atoms with Gasteiger partial charge in [0.1, 0.15) is 5.75 Å². The number of carbonyl (C=O) groups is 2. The van der Waals surface area contributed by atoms with Gasteiger partial charge in [-0.15, -0.1) is 0 Å². The first kappa shape index (κ1) is 19.9. The molecule has 29 heavy (non-hydrogen) atoms. The van der Waals surface area contributed by atoms with E-state index < -0.39 is 5.97 Å². The molecule has 0 unspecified atom stereocenters. The molecule has 0 radical (unpaired) electrons. The van der Waals surface area contributed by atoms with Crippen LogP contribution in [0.2, 0.25) is 0 Å². The first-order valence-electron chi connectivity index (χ1n) is 8.98. The summed E-state index contributed by atoms with van der Waals surface area (Å²) in [7, 11) is 1.34. The average Bonchev–Trinajstić information content (AvgIpc) is 3.06. The van der Waals surface area contributed by atoms with Crippen molar-refractivity contribution in [2.24, 2.45) is 0 Å². The van der Waals surface area contributed by atoms with Crippen molar-refractivity contribution in [3.05, 3.63) is 82.7 Å². The minimum absolute atomic E-state index is 0.0997. The van der Waals surface area contributed by atoms with Gasteiger partial charge < -0.3 is 14.0 Å². The van der Waals surface area contributed by atoms with Gasteiger partial charge in [-0.2, -0.15) is 5.26 Å². The van der Waals surface area contributed by atoms with Crippen LogP contribution in [0.4, 0.5) is 0 Å². The number of methoxy groups -OCH3 is 1. The van der Waals surface area contributed by atoms with Crippen molar-refractivity contribution in [1.29, 1.82) is 5.26 Å². The summed E-state index contributed by atoms with van der Waals surface area (Å²) in [6, 6.07) is 17.5. The van der Waals surface area contributed by atoms with Crippen molar-refractivity contribution in [3.8, 4) is 17.5 Å². The fourth-order valence-corrected chi connectivity index (χ4v) is 3.16. The predicted molar refractivity (Wildman–Crippen MR) is 108 cm³/mol. The lowest BCUT2D eigenvalue weighted by Gasteiger charge is -2.11. The van der Waals surface area contributed by atoms with Crippen molar-refractivity contribution in [3.63, 3.8) is 0 Å². The van der Waals surface area contributed by atoms with Gasteiger partial charge in [0.05, 0.1) is 24.3 Å². The normalized spacial score (nSPS) is 10.3. The Bertz CT molecular complexity index is 1090. The molecule has 3 rings (SSSR count). The summed E-state index contributed by atoms with van der Waals surface area (Å²) in [6.45, 7) is 3.69. The molecular formula is C23H20N2O4. The highest BCUT2D eigenvalue weighted by molar-refractivity contribution is 5.98. The van der Waals surface area contributed by atoms with E-state index in [0.29, 0.717) is 22.4 Å². The Morgan fingerprint density at radius 1 is 1.03 bits per heavy atom. The molecule has 0 aliphatic carbocycles. The van der Waals surface area contributed by atoms with E-state index in [0.717, 1.165) is 17.1 Å². The van der Waals surface area contributed by atoms with Crippen LogP contribution in [0.3, 0.4) is 0 Å². The number of esters is 1. The highest BCUT2D eigenvalue weighted by Gasteiger charge is 2.17. The number of hydrogen-bond acceptors (Lipinski definition) is 5. The molecule has 1 aromatic heterocycles. The Hall–Kier alpha value is -3.85. The van der Waals surface area contributed by atoms with Crippen molar-refractivity contribution < 1.29 is 19.1 Å². The number of Topliss-reactive ketones (excluding diaryl/α,β-unsaturated/α-hetero) is 1. The SMILES string of the molecule is COC(=O)c1ccc(-n2c(C)cc(C(=O)COc3ccc(C#N)cc3)c2C)cc1. The lowest BCUT2D eigenvalue weighted by Crippen LogP contribution is -2.12. The Balaban J connectivity index is 1.78. The smallest absolute Gasteiger partial charge is 0.337 e. The van der Waals surface area contributed by atoms with Crippen LogP contribution in [0.25, 0.3) is 5.69 Å². The van der Waals surface area contributed by atoms with Crippen LogP contribution in [0, 0.1) is 25.2 Å². The lowest BCUT2D eigenvalue weighted by atomic mass is 10.1. The predicted octanol–water partition coefficient (Wildman–Crippen LogP) is 4.01. The molecule has 2 aromatic carbocycles. The Morgan fingerprint density at radius 3 is 2.28 bits per heavy atom. The van der Waals surface area contributed by atoms with E-state index in [-0.39, 0.29) is 12.4 Å². The molecule has 0 N–H and O–H groups in total. The third-order valence-electron chi connectivity index (χ3n) is 4.63. The van der Waals surface area contributed by atoms with Crippen LogP contribution in [-0.4, -0.2) is 30.0 Å². The maximum Gasteiger partial charge on any atom is 0.337 e. The second-order valence-corrected chi connectivity index (χ2v) is 6.51. The highest BCUT2D eigenvalue weighted by atomic mass is 16.5.